The van der Waals surface area contributed by atoms with E-state index in [4.69, 9.17) is 0 Å². The molecule has 1 saturated carbocycles. The quantitative estimate of drug-likeness (QED) is 0.456. The van der Waals surface area contributed by atoms with Crippen molar-refractivity contribution >= 4 is 28.4 Å². The molecule has 0 atom stereocenters. The number of carbonyl (C=O) groups excluding carboxylic acids is 1. The molecule has 5 rings (SSSR count). The van der Waals surface area contributed by atoms with E-state index in [0.29, 0.717) is 17.7 Å². The minimum Gasteiger partial charge on any atom is -0.350 e. The molecule has 1 N–H and O–H groups in total. The maximum absolute atomic E-state index is 13.5. The second-order valence-electron chi connectivity index (χ2n) is 8.36. The highest BCUT2D eigenvalue weighted by Gasteiger charge is 2.24. The number of carbonyl (C=O) groups is 1. The first kappa shape index (κ1) is 21.4. The van der Waals surface area contributed by atoms with Gasteiger partial charge in [0.15, 0.2) is 11.2 Å². The van der Waals surface area contributed by atoms with Crippen molar-refractivity contribution < 1.29 is 4.79 Å². The second kappa shape index (κ2) is 9.19. The Kier molecular flexibility index (Phi) is 5.95. The van der Waals surface area contributed by atoms with Gasteiger partial charge in [0.1, 0.15) is 6.54 Å². The van der Waals surface area contributed by atoms with E-state index in [1.54, 1.807) is 6.33 Å². The number of thiophene rings is 1. The molecule has 0 saturated heterocycles. The Labute approximate surface area is 194 Å². The van der Waals surface area contributed by atoms with Crippen LogP contribution in [0.1, 0.15) is 42.2 Å². The molecule has 1 aromatic carbocycles. The number of amides is 1. The van der Waals surface area contributed by atoms with Gasteiger partial charge in [0.2, 0.25) is 5.91 Å². The van der Waals surface area contributed by atoms with Gasteiger partial charge in [-0.25, -0.2) is 14.3 Å². The standard InChI is InChI=1S/C24H25N5O3S/c30-20(25-13-19-11-6-12-33-19)15-28-23(31)21-22(26-16-29(21)18-9-4-5-10-18)27(24(28)32)14-17-7-2-1-3-8-17/h1-3,6-8,11-12,16,18H,4-5,9-10,13-15H2,(H,25,30). The summed E-state index contributed by atoms with van der Waals surface area (Å²) >= 11 is 1.54. The van der Waals surface area contributed by atoms with Crippen LogP contribution in [0.15, 0.2) is 63.8 Å². The molecule has 0 aliphatic heterocycles. The molecule has 0 radical (unpaired) electrons. The molecular formula is C24H25N5O3S. The molecule has 0 spiro atoms. The predicted octanol–water partition coefficient (Wildman–Crippen LogP) is 2.90. The number of benzene rings is 1. The molecule has 8 nitrogen and oxygen atoms in total. The van der Waals surface area contributed by atoms with Crippen LogP contribution in [-0.2, 0) is 24.4 Å². The molecule has 1 aliphatic carbocycles. The summed E-state index contributed by atoms with van der Waals surface area (Å²) < 4.78 is 4.46. The highest BCUT2D eigenvalue weighted by Crippen LogP contribution is 2.31. The lowest BCUT2D eigenvalue weighted by atomic mass is 10.2. The Hall–Kier alpha value is -3.46. The summed E-state index contributed by atoms with van der Waals surface area (Å²) in [7, 11) is 0. The van der Waals surface area contributed by atoms with Gasteiger partial charge in [-0.05, 0) is 29.9 Å². The molecule has 3 heterocycles. The van der Waals surface area contributed by atoms with Gasteiger partial charge >= 0.3 is 5.69 Å². The Morgan fingerprint density at radius 1 is 1.06 bits per heavy atom. The first-order valence-corrected chi connectivity index (χ1v) is 12.0. The smallest absolute Gasteiger partial charge is 0.333 e. The van der Waals surface area contributed by atoms with Gasteiger partial charge < -0.3 is 9.88 Å². The lowest BCUT2D eigenvalue weighted by molar-refractivity contribution is -0.121. The normalized spacial score (nSPS) is 14.2. The van der Waals surface area contributed by atoms with Crippen molar-refractivity contribution in [2.75, 3.05) is 0 Å². The van der Waals surface area contributed by atoms with E-state index in [1.807, 2.05) is 52.4 Å². The predicted molar refractivity (Wildman–Crippen MR) is 127 cm³/mol. The summed E-state index contributed by atoms with van der Waals surface area (Å²) in [4.78, 5) is 45.0. The minimum atomic E-state index is -0.528. The van der Waals surface area contributed by atoms with E-state index in [9.17, 15) is 14.4 Å². The average molecular weight is 464 g/mol. The van der Waals surface area contributed by atoms with Crippen molar-refractivity contribution in [2.24, 2.45) is 0 Å². The van der Waals surface area contributed by atoms with Gasteiger partial charge in [-0.15, -0.1) is 11.3 Å². The van der Waals surface area contributed by atoms with Crippen LogP contribution in [0.3, 0.4) is 0 Å². The van der Waals surface area contributed by atoms with E-state index in [0.717, 1.165) is 40.7 Å². The number of imidazole rings is 1. The van der Waals surface area contributed by atoms with Crippen LogP contribution in [0.2, 0.25) is 0 Å². The number of rotatable bonds is 7. The topological polar surface area (TPSA) is 90.9 Å². The maximum Gasteiger partial charge on any atom is 0.333 e. The van der Waals surface area contributed by atoms with Gasteiger partial charge in [0, 0.05) is 10.9 Å². The lowest BCUT2D eigenvalue weighted by Gasteiger charge is -2.15. The maximum atomic E-state index is 13.5. The van der Waals surface area contributed by atoms with Crippen LogP contribution in [0, 0.1) is 0 Å². The average Bonchev–Trinajstić information content (AvgIpc) is 3.60. The van der Waals surface area contributed by atoms with Crippen LogP contribution < -0.4 is 16.6 Å². The molecule has 9 heteroatoms. The van der Waals surface area contributed by atoms with Crippen molar-refractivity contribution in [1.82, 2.24) is 24.0 Å². The fourth-order valence-electron chi connectivity index (χ4n) is 4.51. The summed E-state index contributed by atoms with van der Waals surface area (Å²) in [5.74, 6) is -0.375. The van der Waals surface area contributed by atoms with E-state index in [2.05, 4.69) is 10.3 Å². The number of aromatic nitrogens is 4. The van der Waals surface area contributed by atoms with Crippen LogP contribution in [0.5, 0.6) is 0 Å². The summed E-state index contributed by atoms with van der Waals surface area (Å²) in [6.07, 6.45) is 5.83. The zero-order valence-corrected chi connectivity index (χ0v) is 19.0. The molecule has 33 heavy (non-hydrogen) atoms. The zero-order valence-electron chi connectivity index (χ0n) is 18.1. The molecular weight excluding hydrogens is 438 g/mol. The Balaban J connectivity index is 1.56. The number of nitrogens with zero attached hydrogens (tertiary/aromatic N) is 4. The van der Waals surface area contributed by atoms with Gasteiger partial charge in [0.25, 0.3) is 5.56 Å². The van der Waals surface area contributed by atoms with Crippen LogP contribution in [-0.4, -0.2) is 24.6 Å². The fraction of sp³-hybridized carbons (Fsp3) is 0.333. The van der Waals surface area contributed by atoms with Crippen LogP contribution >= 0.6 is 11.3 Å². The summed E-state index contributed by atoms with van der Waals surface area (Å²) in [5, 5.41) is 4.75. The highest BCUT2D eigenvalue weighted by molar-refractivity contribution is 7.09. The number of hydrogen-bond acceptors (Lipinski definition) is 5. The van der Waals surface area contributed by atoms with Gasteiger partial charge in [0.05, 0.1) is 19.4 Å². The van der Waals surface area contributed by atoms with E-state index >= 15 is 0 Å². The first-order valence-electron chi connectivity index (χ1n) is 11.1. The highest BCUT2D eigenvalue weighted by atomic mass is 32.1. The Bertz CT molecular complexity index is 1380. The molecule has 1 aliphatic rings. The SMILES string of the molecule is O=C(Cn1c(=O)c2c(ncn2C2CCCC2)n(Cc2ccccc2)c1=O)NCc1cccs1. The van der Waals surface area contributed by atoms with Crippen LogP contribution in [0.25, 0.3) is 11.2 Å². The Morgan fingerprint density at radius 3 is 2.58 bits per heavy atom. The largest absolute Gasteiger partial charge is 0.350 e. The molecule has 0 bridgehead atoms. The molecule has 3 aromatic heterocycles. The number of fused-ring (bicyclic) bond motifs is 1. The summed E-state index contributed by atoms with van der Waals surface area (Å²) in [5.41, 5.74) is 0.692. The van der Waals surface area contributed by atoms with Gasteiger partial charge in [-0.1, -0.05) is 49.2 Å². The summed E-state index contributed by atoms with van der Waals surface area (Å²) in [6.45, 7) is 0.310. The lowest BCUT2D eigenvalue weighted by Crippen LogP contribution is -2.44. The molecule has 1 fully saturated rings. The third kappa shape index (κ3) is 4.28. The molecule has 0 unspecified atom stereocenters. The molecule has 4 aromatic rings. The van der Waals surface area contributed by atoms with Crippen molar-refractivity contribution in [2.45, 2.75) is 51.4 Å². The van der Waals surface area contributed by atoms with Crippen LogP contribution in [0.4, 0.5) is 0 Å². The third-order valence-corrected chi connectivity index (χ3v) is 7.06. The third-order valence-electron chi connectivity index (χ3n) is 6.18. The molecule has 1 amide bonds. The van der Waals surface area contributed by atoms with Crippen molar-refractivity contribution in [3.63, 3.8) is 0 Å². The molecule has 170 valence electrons. The first-order chi connectivity index (χ1) is 16.1. The van der Waals surface area contributed by atoms with Gasteiger partial charge in [-0.2, -0.15) is 0 Å². The van der Waals surface area contributed by atoms with E-state index < -0.39 is 11.2 Å². The monoisotopic (exact) mass is 463 g/mol. The van der Waals surface area contributed by atoms with Crippen molar-refractivity contribution in [1.29, 1.82) is 0 Å². The van der Waals surface area contributed by atoms with Crippen molar-refractivity contribution in [3.05, 3.63) is 85.5 Å². The van der Waals surface area contributed by atoms with E-state index in [-0.39, 0.29) is 25.0 Å². The summed E-state index contributed by atoms with van der Waals surface area (Å²) in [6, 6.07) is 13.6. The minimum absolute atomic E-state index is 0.187. The number of nitrogens with one attached hydrogen (secondary N) is 1. The number of hydrogen-bond donors (Lipinski definition) is 1. The fourth-order valence-corrected chi connectivity index (χ4v) is 5.16. The van der Waals surface area contributed by atoms with E-state index in [1.165, 1.54) is 15.9 Å². The Morgan fingerprint density at radius 2 is 1.85 bits per heavy atom. The zero-order chi connectivity index (χ0) is 22.8. The second-order valence-corrected chi connectivity index (χ2v) is 9.40. The van der Waals surface area contributed by atoms with Crippen molar-refractivity contribution in [3.8, 4) is 0 Å². The van der Waals surface area contributed by atoms with Gasteiger partial charge in [-0.3, -0.25) is 14.2 Å².